The van der Waals surface area contributed by atoms with Crippen molar-refractivity contribution in [2.45, 2.75) is 39.0 Å². The van der Waals surface area contributed by atoms with E-state index >= 15 is 0 Å². The van der Waals surface area contributed by atoms with Crippen LogP contribution in [0.3, 0.4) is 0 Å². The van der Waals surface area contributed by atoms with Gasteiger partial charge in [-0.25, -0.2) is 4.98 Å². The van der Waals surface area contributed by atoms with Crippen molar-refractivity contribution in [3.8, 4) is 11.5 Å². The van der Waals surface area contributed by atoms with Crippen molar-refractivity contribution in [3.63, 3.8) is 0 Å². The molecule has 5 rings (SSSR count). The molecule has 1 aromatic carbocycles. The van der Waals surface area contributed by atoms with Crippen molar-refractivity contribution in [1.29, 1.82) is 0 Å². The fourth-order valence-electron chi connectivity index (χ4n) is 4.55. The Labute approximate surface area is 193 Å². The number of likely N-dealkylation sites (tertiary alicyclic amines) is 1. The van der Waals surface area contributed by atoms with Crippen LogP contribution < -0.4 is 5.32 Å². The molecule has 1 fully saturated rings. The number of aliphatic hydroxyl groups excluding tert-OH is 1. The Kier molecular flexibility index (Phi) is 5.82. The monoisotopic (exact) mass is 447 g/mol. The summed E-state index contributed by atoms with van der Waals surface area (Å²) in [7, 11) is 0. The standard InChI is InChI=1S/C24H29N7O2/c1-16(2)31-15-25-28-23(31)20-7-4-8-21(27-20)26-19-6-3-5-17-13-30(24(33)22(17)19)12-11-29-10-9-18(32)14-29/h3-8,15-16,18,32H,9-14H2,1-2H3,(H,26,27). The molecule has 3 aromatic rings. The van der Waals surface area contributed by atoms with Gasteiger partial charge in [0.25, 0.3) is 5.91 Å². The van der Waals surface area contributed by atoms with Gasteiger partial charge in [0.2, 0.25) is 0 Å². The normalized spacial score (nSPS) is 18.4. The number of benzene rings is 1. The number of hydrogen-bond donors (Lipinski definition) is 2. The molecule has 1 amide bonds. The van der Waals surface area contributed by atoms with Gasteiger partial charge in [0.05, 0.1) is 17.4 Å². The third-order valence-electron chi connectivity index (χ3n) is 6.32. The van der Waals surface area contributed by atoms with Gasteiger partial charge in [0.1, 0.15) is 17.8 Å². The fraction of sp³-hybridized carbons (Fsp3) is 0.417. The first-order chi connectivity index (χ1) is 16.0. The number of nitrogens with zero attached hydrogens (tertiary/aromatic N) is 6. The number of carbonyl (C=O) groups excluding carboxylic acids is 1. The Morgan fingerprint density at radius 3 is 2.82 bits per heavy atom. The Morgan fingerprint density at radius 2 is 2.03 bits per heavy atom. The summed E-state index contributed by atoms with van der Waals surface area (Å²) in [5, 5.41) is 21.4. The highest BCUT2D eigenvalue weighted by molar-refractivity contribution is 6.04. The smallest absolute Gasteiger partial charge is 0.256 e. The van der Waals surface area contributed by atoms with E-state index in [0.29, 0.717) is 36.8 Å². The van der Waals surface area contributed by atoms with E-state index in [2.05, 4.69) is 34.3 Å². The second-order valence-corrected chi connectivity index (χ2v) is 9.00. The minimum absolute atomic E-state index is 0.0311. The summed E-state index contributed by atoms with van der Waals surface area (Å²) in [5.74, 6) is 1.39. The molecule has 0 aliphatic carbocycles. The molecule has 0 radical (unpaired) electrons. The van der Waals surface area contributed by atoms with Crippen molar-refractivity contribution in [1.82, 2.24) is 29.5 Å². The summed E-state index contributed by atoms with van der Waals surface area (Å²) < 4.78 is 1.98. The maximum Gasteiger partial charge on any atom is 0.256 e. The van der Waals surface area contributed by atoms with Crippen LogP contribution in [0.15, 0.2) is 42.7 Å². The summed E-state index contributed by atoms with van der Waals surface area (Å²) in [6.07, 6.45) is 2.27. The molecule has 1 unspecified atom stereocenters. The lowest BCUT2D eigenvalue weighted by Crippen LogP contribution is -2.34. The van der Waals surface area contributed by atoms with E-state index < -0.39 is 0 Å². The van der Waals surface area contributed by atoms with Crippen molar-refractivity contribution in [2.24, 2.45) is 0 Å². The zero-order chi connectivity index (χ0) is 22.9. The lowest BCUT2D eigenvalue weighted by atomic mass is 10.1. The van der Waals surface area contributed by atoms with Crippen LogP contribution in [-0.4, -0.2) is 72.8 Å². The van der Waals surface area contributed by atoms with Gasteiger partial charge in [-0.2, -0.15) is 0 Å². The van der Waals surface area contributed by atoms with Crippen LogP contribution in [0.2, 0.25) is 0 Å². The third-order valence-corrected chi connectivity index (χ3v) is 6.32. The van der Waals surface area contributed by atoms with E-state index in [1.165, 1.54) is 0 Å². The largest absolute Gasteiger partial charge is 0.392 e. The zero-order valence-electron chi connectivity index (χ0n) is 19.0. The molecule has 0 spiro atoms. The number of β-amino-alcohol motifs (C(OH)–C–C–N with tert-alkyl or cyclic N) is 1. The van der Waals surface area contributed by atoms with Gasteiger partial charge in [-0.05, 0) is 44.0 Å². The predicted molar refractivity (Wildman–Crippen MR) is 125 cm³/mol. The molecular formula is C24H29N7O2. The van der Waals surface area contributed by atoms with Gasteiger partial charge in [0.15, 0.2) is 5.82 Å². The quantitative estimate of drug-likeness (QED) is 0.574. The second-order valence-electron chi connectivity index (χ2n) is 9.00. The fourth-order valence-corrected chi connectivity index (χ4v) is 4.55. The molecule has 4 heterocycles. The SMILES string of the molecule is CC(C)n1cnnc1-c1cccc(Nc2cccc3c2C(=O)N(CCN2CCC(O)C2)C3)n1. The summed E-state index contributed by atoms with van der Waals surface area (Å²) in [6.45, 7) is 7.75. The number of amides is 1. The average Bonchev–Trinajstić information content (AvgIpc) is 3.52. The van der Waals surface area contributed by atoms with Gasteiger partial charge in [0, 0.05) is 38.8 Å². The maximum absolute atomic E-state index is 13.2. The van der Waals surface area contributed by atoms with Crippen LogP contribution in [0.1, 0.15) is 42.2 Å². The number of carbonyl (C=O) groups is 1. The highest BCUT2D eigenvalue weighted by atomic mass is 16.3. The van der Waals surface area contributed by atoms with E-state index in [-0.39, 0.29) is 18.1 Å². The first-order valence-electron chi connectivity index (χ1n) is 11.4. The Bertz CT molecular complexity index is 1160. The highest BCUT2D eigenvalue weighted by Gasteiger charge is 2.31. The van der Waals surface area contributed by atoms with E-state index in [0.717, 1.165) is 36.5 Å². The number of pyridine rings is 1. The summed E-state index contributed by atoms with van der Waals surface area (Å²) in [6, 6.07) is 11.8. The molecule has 2 N–H and O–H groups in total. The summed E-state index contributed by atoms with van der Waals surface area (Å²) in [5.41, 5.74) is 3.20. The Hall–Kier alpha value is -3.30. The maximum atomic E-state index is 13.2. The molecule has 2 aromatic heterocycles. The molecule has 1 atom stereocenters. The zero-order valence-corrected chi connectivity index (χ0v) is 19.0. The van der Waals surface area contributed by atoms with Crippen LogP contribution in [-0.2, 0) is 6.54 Å². The van der Waals surface area contributed by atoms with Crippen LogP contribution >= 0.6 is 0 Å². The lowest BCUT2D eigenvalue weighted by molar-refractivity contribution is 0.0761. The molecule has 33 heavy (non-hydrogen) atoms. The van der Waals surface area contributed by atoms with Gasteiger partial charge < -0.3 is 19.9 Å². The Balaban J connectivity index is 1.33. The molecule has 9 heteroatoms. The lowest BCUT2D eigenvalue weighted by Gasteiger charge is -2.21. The van der Waals surface area contributed by atoms with Gasteiger partial charge >= 0.3 is 0 Å². The molecule has 1 saturated heterocycles. The number of aliphatic hydroxyl groups is 1. The second kappa shape index (κ2) is 8.92. The van der Waals surface area contributed by atoms with E-state index in [9.17, 15) is 9.90 Å². The molecule has 172 valence electrons. The minimum Gasteiger partial charge on any atom is -0.392 e. The number of nitrogens with one attached hydrogen (secondary N) is 1. The van der Waals surface area contributed by atoms with Crippen LogP contribution in [0.25, 0.3) is 11.5 Å². The van der Waals surface area contributed by atoms with Crippen LogP contribution in [0.5, 0.6) is 0 Å². The van der Waals surface area contributed by atoms with Crippen molar-refractivity contribution >= 4 is 17.4 Å². The summed E-state index contributed by atoms with van der Waals surface area (Å²) in [4.78, 5) is 22.1. The van der Waals surface area contributed by atoms with Crippen LogP contribution in [0.4, 0.5) is 11.5 Å². The average molecular weight is 448 g/mol. The van der Waals surface area contributed by atoms with Gasteiger partial charge in [-0.3, -0.25) is 9.69 Å². The first kappa shape index (κ1) is 21.5. The van der Waals surface area contributed by atoms with Crippen LogP contribution in [0, 0.1) is 0 Å². The Morgan fingerprint density at radius 1 is 1.18 bits per heavy atom. The van der Waals surface area contributed by atoms with E-state index in [1.54, 1.807) is 6.33 Å². The van der Waals surface area contributed by atoms with E-state index in [4.69, 9.17) is 4.98 Å². The minimum atomic E-state index is -0.245. The molecule has 9 nitrogen and oxygen atoms in total. The molecule has 0 bridgehead atoms. The first-order valence-corrected chi connectivity index (χ1v) is 11.4. The highest BCUT2D eigenvalue weighted by Crippen LogP contribution is 2.31. The van der Waals surface area contributed by atoms with Gasteiger partial charge in [-0.15, -0.1) is 10.2 Å². The van der Waals surface area contributed by atoms with Crippen molar-refractivity contribution < 1.29 is 9.90 Å². The number of hydrogen-bond acceptors (Lipinski definition) is 7. The van der Waals surface area contributed by atoms with E-state index in [1.807, 2.05) is 45.9 Å². The van der Waals surface area contributed by atoms with Gasteiger partial charge in [-0.1, -0.05) is 18.2 Å². The summed E-state index contributed by atoms with van der Waals surface area (Å²) >= 11 is 0. The number of aromatic nitrogens is 4. The van der Waals surface area contributed by atoms with Crippen molar-refractivity contribution in [2.75, 3.05) is 31.5 Å². The molecule has 2 aliphatic rings. The van der Waals surface area contributed by atoms with Crippen molar-refractivity contribution in [3.05, 3.63) is 53.9 Å². The molecule has 2 aliphatic heterocycles. The number of anilines is 2. The predicted octanol–water partition coefficient (Wildman–Crippen LogP) is 2.69. The number of rotatable bonds is 7. The molecule has 0 saturated carbocycles. The number of fused-ring (bicyclic) bond motifs is 1. The third kappa shape index (κ3) is 4.34. The molecular weight excluding hydrogens is 418 g/mol. The topological polar surface area (TPSA) is 99.4 Å².